The maximum absolute atomic E-state index is 5.80. The van der Waals surface area contributed by atoms with Gasteiger partial charge in [-0.25, -0.2) is 5.43 Å². The molecule has 2 aromatic rings. The fourth-order valence-electron chi connectivity index (χ4n) is 2.48. The predicted octanol–water partition coefficient (Wildman–Crippen LogP) is 2.87. The zero-order chi connectivity index (χ0) is 15.4. The second-order valence-electron chi connectivity index (χ2n) is 5.00. The van der Waals surface area contributed by atoms with E-state index in [9.17, 15) is 0 Å². The Morgan fingerprint density at radius 3 is 2.33 bits per heavy atom. The third kappa shape index (κ3) is 3.01. The Kier molecular flexibility index (Phi) is 4.83. The molecule has 0 spiro atoms. The Labute approximate surface area is 125 Å². The highest BCUT2D eigenvalue weighted by atomic mass is 16.5. The van der Waals surface area contributed by atoms with E-state index >= 15 is 0 Å². The van der Waals surface area contributed by atoms with Crippen molar-refractivity contribution in [2.45, 2.75) is 19.9 Å². The van der Waals surface area contributed by atoms with Crippen molar-refractivity contribution in [2.24, 2.45) is 5.84 Å². The topological polar surface area (TPSA) is 56.5 Å². The van der Waals surface area contributed by atoms with E-state index in [-0.39, 0.29) is 6.04 Å². The van der Waals surface area contributed by atoms with E-state index in [1.165, 1.54) is 11.1 Å². The summed E-state index contributed by atoms with van der Waals surface area (Å²) in [6, 6.07) is 12.0. The summed E-state index contributed by atoms with van der Waals surface area (Å²) in [6.07, 6.45) is 0. The molecule has 4 heteroatoms. The number of benzene rings is 2. The Balaban J connectivity index is 2.49. The van der Waals surface area contributed by atoms with Crippen molar-refractivity contribution < 1.29 is 9.47 Å². The molecular weight excluding hydrogens is 264 g/mol. The van der Waals surface area contributed by atoms with Gasteiger partial charge in [0.25, 0.3) is 0 Å². The quantitative estimate of drug-likeness (QED) is 0.655. The minimum Gasteiger partial charge on any atom is -0.493 e. The number of hydrazine groups is 1. The highest BCUT2D eigenvalue weighted by molar-refractivity contribution is 5.47. The molecule has 0 bridgehead atoms. The number of nitrogens with one attached hydrogen (secondary N) is 1. The molecule has 2 rings (SSSR count). The summed E-state index contributed by atoms with van der Waals surface area (Å²) < 4.78 is 10.6. The number of nitrogens with two attached hydrogens (primary N) is 1. The van der Waals surface area contributed by atoms with Crippen LogP contribution in [0.1, 0.15) is 28.3 Å². The fraction of sp³-hybridized carbons (Fsp3) is 0.294. The maximum atomic E-state index is 5.80. The lowest BCUT2D eigenvalue weighted by Crippen LogP contribution is -2.29. The lowest BCUT2D eigenvalue weighted by atomic mass is 9.93. The molecule has 3 N–H and O–H groups in total. The fourth-order valence-corrected chi connectivity index (χ4v) is 2.48. The molecule has 112 valence electrons. The summed E-state index contributed by atoms with van der Waals surface area (Å²) in [5.41, 5.74) is 7.56. The van der Waals surface area contributed by atoms with Crippen LogP contribution in [0.4, 0.5) is 0 Å². The predicted molar refractivity (Wildman–Crippen MR) is 84.6 cm³/mol. The van der Waals surface area contributed by atoms with Crippen molar-refractivity contribution >= 4 is 0 Å². The second-order valence-corrected chi connectivity index (χ2v) is 5.00. The number of hydrogen-bond donors (Lipinski definition) is 2. The van der Waals surface area contributed by atoms with Gasteiger partial charge in [0.2, 0.25) is 0 Å². The van der Waals surface area contributed by atoms with Gasteiger partial charge in [-0.05, 0) is 48.2 Å². The lowest BCUT2D eigenvalue weighted by Gasteiger charge is -2.21. The van der Waals surface area contributed by atoms with Gasteiger partial charge in [-0.15, -0.1) is 0 Å². The van der Waals surface area contributed by atoms with Crippen LogP contribution in [0.25, 0.3) is 0 Å². The molecule has 0 aliphatic carbocycles. The van der Waals surface area contributed by atoms with Crippen LogP contribution in [0.3, 0.4) is 0 Å². The summed E-state index contributed by atoms with van der Waals surface area (Å²) in [7, 11) is 3.26. The summed E-state index contributed by atoms with van der Waals surface area (Å²) >= 11 is 0. The molecule has 0 saturated carbocycles. The molecular formula is C17H22N2O2. The van der Waals surface area contributed by atoms with Gasteiger partial charge in [0, 0.05) is 0 Å². The number of ether oxygens (including phenoxy) is 2. The minimum atomic E-state index is -0.0929. The first-order chi connectivity index (χ1) is 10.1. The molecule has 0 heterocycles. The molecule has 1 unspecified atom stereocenters. The number of rotatable bonds is 5. The number of methoxy groups -OCH3 is 2. The van der Waals surface area contributed by atoms with Crippen LogP contribution in [-0.4, -0.2) is 14.2 Å². The van der Waals surface area contributed by atoms with E-state index in [1.54, 1.807) is 14.2 Å². The zero-order valence-electron chi connectivity index (χ0n) is 12.9. The molecule has 1 atom stereocenters. The SMILES string of the molecule is COc1ccc(C(NN)c2cccc(C)c2C)cc1OC. The first-order valence-electron chi connectivity index (χ1n) is 6.86. The molecule has 0 amide bonds. The molecule has 4 nitrogen and oxygen atoms in total. The van der Waals surface area contributed by atoms with Crippen LogP contribution in [0, 0.1) is 13.8 Å². The Morgan fingerprint density at radius 1 is 1.00 bits per heavy atom. The van der Waals surface area contributed by atoms with Crippen molar-refractivity contribution in [2.75, 3.05) is 14.2 Å². The van der Waals surface area contributed by atoms with Crippen LogP contribution in [0.15, 0.2) is 36.4 Å². The largest absolute Gasteiger partial charge is 0.493 e. The monoisotopic (exact) mass is 286 g/mol. The van der Waals surface area contributed by atoms with Gasteiger partial charge in [0.1, 0.15) is 0 Å². The molecule has 0 aliphatic rings. The van der Waals surface area contributed by atoms with E-state index in [1.807, 2.05) is 24.3 Å². The average molecular weight is 286 g/mol. The number of aryl methyl sites for hydroxylation is 1. The van der Waals surface area contributed by atoms with E-state index in [0.717, 1.165) is 11.1 Å². The van der Waals surface area contributed by atoms with Gasteiger partial charge < -0.3 is 9.47 Å². The molecule has 2 aromatic carbocycles. The van der Waals surface area contributed by atoms with Crippen LogP contribution in [-0.2, 0) is 0 Å². The maximum Gasteiger partial charge on any atom is 0.161 e. The molecule has 0 aliphatic heterocycles. The Bertz CT molecular complexity index is 626. The normalized spacial score (nSPS) is 12.0. The van der Waals surface area contributed by atoms with E-state index < -0.39 is 0 Å². The summed E-state index contributed by atoms with van der Waals surface area (Å²) in [4.78, 5) is 0. The molecule has 0 fully saturated rings. The Hall–Kier alpha value is -2.04. The van der Waals surface area contributed by atoms with E-state index in [0.29, 0.717) is 11.5 Å². The van der Waals surface area contributed by atoms with Crippen molar-refractivity contribution in [1.82, 2.24) is 5.43 Å². The third-order valence-electron chi connectivity index (χ3n) is 3.87. The van der Waals surface area contributed by atoms with Gasteiger partial charge in [-0.3, -0.25) is 5.84 Å². The van der Waals surface area contributed by atoms with Crippen molar-refractivity contribution in [3.05, 3.63) is 58.7 Å². The van der Waals surface area contributed by atoms with E-state index in [2.05, 4.69) is 31.4 Å². The molecule has 0 radical (unpaired) electrons. The highest BCUT2D eigenvalue weighted by Crippen LogP contribution is 2.33. The minimum absolute atomic E-state index is 0.0929. The van der Waals surface area contributed by atoms with Crippen molar-refractivity contribution in [3.8, 4) is 11.5 Å². The third-order valence-corrected chi connectivity index (χ3v) is 3.87. The van der Waals surface area contributed by atoms with Crippen LogP contribution in [0.5, 0.6) is 11.5 Å². The second kappa shape index (κ2) is 6.61. The summed E-state index contributed by atoms with van der Waals surface area (Å²) in [5, 5.41) is 0. The van der Waals surface area contributed by atoms with Crippen molar-refractivity contribution in [3.63, 3.8) is 0 Å². The van der Waals surface area contributed by atoms with Crippen LogP contribution >= 0.6 is 0 Å². The van der Waals surface area contributed by atoms with Crippen LogP contribution in [0.2, 0.25) is 0 Å². The molecule has 21 heavy (non-hydrogen) atoms. The van der Waals surface area contributed by atoms with Gasteiger partial charge in [-0.1, -0.05) is 24.3 Å². The summed E-state index contributed by atoms with van der Waals surface area (Å²) in [5.74, 6) is 7.20. The highest BCUT2D eigenvalue weighted by Gasteiger charge is 2.17. The summed E-state index contributed by atoms with van der Waals surface area (Å²) in [6.45, 7) is 4.21. The van der Waals surface area contributed by atoms with Gasteiger partial charge in [0.15, 0.2) is 11.5 Å². The number of hydrogen-bond acceptors (Lipinski definition) is 4. The molecule has 0 aromatic heterocycles. The molecule has 0 saturated heterocycles. The average Bonchev–Trinajstić information content (AvgIpc) is 2.51. The smallest absolute Gasteiger partial charge is 0.161 e. The zero-order valence-corrected chi connectivity index (χ0v) is 12.9. The van der Waals surface area contributed by atoms with Gasteiger partial charge in [0.05, 0.1) is 20.3 Å². The van der Waals surface area contributed by atoms with Crippen molar-refractivity contribution in [1.29, 1.82) is 0 Å². The van der Waals surface area contributed by atoms with Crippen LogP contribution < -0.4 is 20.7 Å². The van der Waals surface area contributed by atoms with Gasteiger partial charge in [-0.2, -0.15) is 0 Å². The Morgan fingerprint density at radius 2 is 1.71 bits per heavy atom. The first-order valence-corrected chi connectivity index (χ1v) is 6.86. The van der Waals surface area contributed by atoms with Gasteiger partial charge >= 0.3 is 0 Å². The lowest BCUT2D eigenvalue weighted by molar-refractivity contribution is 0.354. The standard InChI is InChI=1S/C17H22N2O2/c1-11-6-5-7-14(12(11)2)17(19-18)13-8-9-15(20-3)16(10-13)21-4/h5-10,17,19H,18H2,1-4H3. The van der Waals surface area contributed by atoms with E-state index in [4.69, 9.17) is 15.3 Å². The first kappa shape index (κ1) is 15.4.